The predicted molar refractivity (Wildman–Crippen MR) is 112 cm³/mol. The van der Waals surface area contributed by atoms with E-state index in [-0.39, 0.29) is 0 Å². The third-order valence-corrected chi connectivity index (χ3v) is 4.59. The van der Waals surface area contributed by atoms with Crippen molar-refractivity contribution in [2.45, 2.75) is 12.8 Å². The molecule has 136 valence electrons. The Labute approximate surface area is 157 Å². The van der Waals surface area contributed by atoms with Gasteiger partial charge in [0.1, 0.15) is 0 Å². The molecular formula is C21H22N6. The third kappa shape index (κ3) is 3.84. The first-order valence-corrected chi connectivity index (χ1v) is 8.99. The quantitative estimate of drug-likeness (QED) is 0.242. The summed E-state index contributed by atoms with van der Waals surface area (Å²) in [4.78, 5) is 10.9. The molecular weight excluding hydrogens is 336 g/mol. The summed E-state index contributed by atoms with van der Waals surface area (Å²) in [7, 11) is 0. The minimum absolute atomic E-state index is 0.324. The van der Waals surface area contributed by atoms with E-state index >= 15 is 0 Å². The first-order valence-electron chi connectivity index (χ1n) is 8.99. The lowest BCUT2D eigenvalue weighted by molar-refractivity contribution is 0.928. The summed E-state index contributed by atoms with van der Waals surface area (Å²) in [6.07, 6.45) is 7.39. The Hall–Kier alpha value is -3.54. The van der Waals surface area contributed by atoms with Crippen molar-refractivity contribution in [1.29, 1.82) is 0 Å². The lowest BCUT2D eigenvalue weighted by Gasteiger charge is -2.00. The topological polar surface area (TPSA) is 94.3 Å². The van der Waals surface area contributed by atoms with Crippen molar-refractivity contribution in [3.8, 4) is 0 Å². The lowest BCUT2D eigenvalue weighted by atomic mass is 10.1. The van der Waals surface area contributed by atoms with E-state index in [0.717, 1.165) is 23.9 Å². The van der Waals surface area contributed by atoms with E-state index in [1.54, 1.807) is 6.21 Å². The van der Waals surface area contributed by atoms with Gasteiger partial charge in [-0.15, -0.1) is 0 Å². The maximum Gasteiger partial charge on any atom is 0.209 e. The van der Waals surface area contributed by atoms with E-state index in [2.05, 4.69) is 49.8 Å². The molecule has 27 heavy (non-hydrogen) atoms. The third-order valence-electron chi connectivity index (χ3n) is 4.59. The lowest BCUT2D eigenvalue weighted by Crippen LogP contribution is -2.27. The van der Waals surface area contributed by atoms with Gasteiger partial charge in [0.25, 0.3) is 0 Å². The fourth-order valence-corrected chi connectivity index (χ4v) is 3.23. The Bertz CT molecular complexity index is 1100. The Balaban J connectivity index is 1.28. The number of hydrazone groups is 1. The van der Waals surface area contributed by atoms with Gasteiger partial charge >= 0.3 is 0 Å². The average molecular weight is 358 g/mol. The van der Waals surface area contributed by atoms with Crippen LogP contribution in [0.25, 0.3) is 21.8 Å². The van der Waals surface area contributed by atoms with Crippen LogP contribution in [0.4, 0.5) is 0 Å². The number of aromatic amines is 2. The summed E-state index contributed by atoms with van der Waals surface area (Å²) >= 11 is 0. The number of fused-ring (bicyclic) bond motifs is 2. The first kappa shape index (κ1) is 16.9. The smallest absolute Gasteiger partial charge is 0.209 e. The molecule has 0 spiro atoms. The van der Waals surface area contributed by atoms with Gasteiger partial charge in [0, 0.05) is 53.4 Å². The van der Waals surface area contributed by atoms with Crippen LogP contribution in [0.5, 0.6) is 0 Å². The van der Waals surface area contributed by atoms with Gasteiger partial charge in [0.05, 0.1) is 0 Å². The molecule has 2 aromatic carbocycles. The van der Waals surface area contributed by atoms with Crippen LogP contribution in [-0.4, -0.2) is 28.7 Å². The second-order valence-electron chi connectivity index (χ2n) is 6.36. The number of aliphatic imine (C=N–C) groups is 1. The minimum Gasteiger partial charge on any atom is -0.369 e. The molecule has 0 radical (unpaired) electrons. The maximum atomic E-state index is 5.89. The molecule has 2 heterocycles. The second-order valence-corrected chi connectivity index (χ2v) is 6.36. The molecule has 6 nitrogen and oxygen atoms in total. The summed E-state index contributed by atoms with van der Waals surface area (Å²) < 4.78 is 0. The van der Waals surface area contributed by atoms with Crippen molar-refractivity contribution in [2.75, 3.05) is 6.54 Å². The van der Waals surface area contributed by atoms with Crippen molar-refractivity contribution < 1.29 is 0 Å². The van der Waals surface area contributed by atoms with Gasteiger partial charge < -0.3 is 15.7 Å². The van der Waals surface area contributed by atoms with E-state index in [1.165, 1.54) is 21.9 Å². The minimum atomic E-state index is 0.324. The predicted octanol–water partition coefficient (Wildman–Crippen LogP) is 3.32. The summed E-state index contributed by atoms with van der Waals surface area (Å²) in [6.45, 7) is 0.610. The molecule has 0 aliphatic rings. The molecule has 5 N–H and O–H groups in total. The average Bonchev–Trinajstić information content (AvgIpc) is 3.30. The zero-order valence-corrected chi connectivity index (χ0v) is 14.9. The number of hydrogen-bond donors (Lipinski definition) is 4. The van der Waals surface area contributed by atoms with Gasteiger partial charge in [-0.3, -0.25) is 4.99 Å². The van der Waals surface area contributed by atoms with Gasteiger partial charge in [-0.05, 0) is 29.7 Å². The number of rotatable bonds is 6. The Morgan fingerprint density at radius 1 is 0.926 bits per heavy atom. The first-order chi connectivity index (χ1) is 13.3. The molecule has 0 aliphatic heterocycles. The summed E-state index contributed by atoms with van der Waals surface area (Å²) in [5.41, 5.74) is 13.4. The van der Waals surface area contributed by atoms with Crippen LogP contribution < -0.4 is 11.2 Å². The number of nitrogens with two attached hydrogens (primary N) is 1. The van der Waals surface area contributed by atoms with Crippen molar-refractivity contribution in [3.63, 3.8) is 0 Å². The fourth-order valence-electron chi connectivity index (χ4n) is 3.23. The highest BCUT2D eigenvalue weighted by Gasteiger charge is 2.02. The van der Waals surface area contributed by atoms with Crippen LogP contribution in [0.1, 0.15) is 11.1 Å². The molecule has 0 fully saturated rings. The van der Waals surface area contributed by atoms with Crippen LogP contribution in [0.15, 0.2) is 71.0 Å². The number of para-hydroxylation sites is 2. The number of guanidine groups is 1. The fraction of sp³-hybridized carbons (Fsp3) is 0.143. The summed E-state index contributed by atoms with van der Waals surface area (Å²) in [6, 6.07) is 16.5. The number of hydrogen-bond acceptors (Lipinski definition) is 2. The second kappa shape index (κ2) is 7.78. The van der Waals surface area contributed by atoms with Crippen molar-refractivity contribution in [1.82, 2.24) is 15.4 Å². The van der Waals surface area contributed by atoms with Crippen LogP contribution in [0, 0.1) is 0 Å². The molecule has 0 saturated carbocycles. The highest BCUT2D eigenvalue weighted by molar-refractivity contribution is 5.86. The van der Waals surface area contributed by atoms with E-state index in [9.17, 15) is 0 Å². The number of aromatic nitrogens is 2. The maximum absolute atomic E-state index is 5.89. The molecule has 4 aromatic rings. The van der Waals surface area contributed by atoms with Crippen molar-refractivity contribution in [3.05, 3.63) is 72.1 Å². The van der Waals surface area contributed by atoms with E-state index < -0.39 is 0 Å². The number of benzene rings is 2. The molecule has 2 aromatic heterocycles. The van der Waals surface area contributed by atoms with E-state index in [0.29, 0.717) is 12.5 Å². The van der Waals surface area contributed by atoms with E-state index in [1.807, 2.05) is 36.7 Å². The number of H-pyrrole nitrogens is 2. The molecule has 0 aliphatic carbocycles. The zero-order chi connectivity index (χ0) is 18.5. The zero-order valence-electron chi connectivity index (χ0n) is 14.9. The molecule has 4 rings (SSSR count). The van der Waals surface area contributed by atoms with Gasteiger partial charge in [0.2, 0.25) is 5.96 Å². The van der Waals surface area contributed by atoms with Gasteiger partial charge in [-0.25, -0.2) is 5.43 Å². The number of nitrogens with zero attached hydrogens (tertiary/aromatic N) is 2. The van der Waals surface area contributed by atoms with Crippen LogP contribution >= 0.6 is 0 Å². The molecule has 0 unspecified atom stereocenters. The van der Waals surface area contributed by atoms with Gasteiger partial charge in [-0.2, -0.15) is 5.10 Å². The Kier molecular flexibility index (Phi) is 4.87. The molecule has 0 atom stereocenters. The largest absolute Gasteiger partial charge is 0.369 e. The Morgan fingerprint density at radius 3 is 2.30 bits per heavy atom. The van der Waals surface area contributed by atoms with Gasteiger partial charge in [-0.1, -0.05) is 36.4 Å². The molecule has 0 amide bonds. The monoisotopic (exact) mass is 358 g/mol. The summed E-state index contributed by atoms with van der Waals surface area (Å²) in [5, 5.41) is 6.61. The van der Waals surface area contributed by atoms with Crippen LogP contribution in [0.2, 0.25) is 0 Å². The van der Waals surface area contributed by atoms with Crippen molar-refractivity contribution >= 4 is 34.0 Å². The van der Waals surface area contributed by atoms with Crippen LogP contribution in [0.3, 0.4) is 0 Å². The highest BCUT2D eigenvalue weighted by atomic mass is 15.3. The molecule has 0 bridgehead atoms. The summed E-state index contributed by atoms with van der Waals surface area (Å²) in [5.74, 6) is 0.324. The van der Waals surface area contributed by atoms with Crippen molar-refractivity contribution in [2.24, 2.45) is 15.8 Å². The standard InChI is InChI=1S/C21H22N6/c22-21(23-11-9-15-13-24-19-7-3-1-5-17(15)19)27-26-12-10-16-14-25-20-8-4-2-6-18(16)20/h1-8,12-14,24-25H,9-11H2,(H3,22,23,27). The normalized spacial score (nSPS) is 12.4. The SMILES string of the molecule is NC(=NCCc1c[nH]c2ccccc12)NN=CCc1c[nH]c2ccccc12. The molecule has 6 heteroatoms. The van der Waals surface area contributed by atoms with Crippen LogP contribution in [-0.2, 0) is 12.8 Å². The number of nitrogens with one attached hydrogen (secondary N) is 3. The van der Waals surface area contributed by atoms with Gasteiger partial charge in [0.15, 0.2) is 0 Å². The molecule has 0 saturated heterocycles. The Morgan fingerprint density at radius 2 is 1.56 bits per heavy atom. The van der Waals surface area contributed by atoms with E-state index in [4.69, 9.17) is 5.73 Å². The highest BCUT2D eigenvalue weighted by Crippen LogP contribution is 2.18.